The minimum Gasteiger partial charge on any atom is -0.324 e. The molecule has 0 aliphatic carbocycles. The quantitative estimate of drug-likeness (QED) is 0.437. The Kier molecular flexibility index (Phi) is 5.57. The van der Waals surface area contributed by atoms with Crippen molar-refractivity contribution in [2.45, 2.75) is 11.8 Å². The van der Waals surface area contributed by atoms with Crippen molar-refractivity contribution in [1.29, 1.82) is 5.26 Å². The summed E-state index contributed by atoms with van der Waals surface area (Å²) in [4.78, 5) is 28.9. The number of carbonyl (C=O) groups excluding carboxylic acids is 1. The zero-order valence-electron chi connectivity index (χ0n) is 17.0. The molecule has 1 aromatic heterocycles. The third kappa shape index (κ3) is 4.13. The van der Waals surface area contributed by atoms with Gasteiger partial charge in [0, 0.05) is 24.0 Å². The predicted octanol–water partition coefficient (Wildman–Crippen LogP) is 4.29. The lowest BCUT2D eigenvalue weighted by atomic mass is 9.97. The van der Waals surface area contributed by atoms with Crippen molar-refractivity contribution in [3.63, 3.8) is 0 Å². The molecular weight excluding hydrogens is 461 g/mol. The lowest BCUT2D eigenvalue weighted by Gasteiger charge is -2.44. The van der Waals surface area contributed by atoms with Gasteiger partial charge in [-0.25, -0.2) is 18.0 Å². The number of amides is 2. The fraction of sp³-hybridized carbons (Fsp3) is 0.190. The molecule has 172 valence electrons. The molecule has 33 heavy (non-hydrogen) atoms. The average Bonchev–Trinajstić information content (AvgIpc) is 2.74. The molecule has 0 spiro atoms. The summed E-state index contributed by atoms with van der Waals surface area (Å²) in [5.74, 6) is -3.81. The number of carbonyl (C=O) groups is 1. The molecule has 0 fully saturated rings. The average molecular weight is 478 g/mol. The normalized spacial score (nSPS) is 17.7. The van der Waals surface area contributed by atoms with Crippen LogP contribution in [0.1, 0.15) is 22.9 Å². The lowest BCUT2D eigenvalue weighted by molar-refractivity contribution is 0.207. The van der Waals surface area contributed by atoms with E-state index in [9.17, 15) is 31.9 Å². The highest BCUT2D eigenvalue weighted by molar-refractivity contribution is 8.23. The summed E-state index contributed by atoms with van der Waals surface area (Å²) in [6.45, 7) is 0. The maximum Gasteiger partial charge on any atom is 0.322 e. The lowest BCUT2D eigenvalue weighted by Crippen LogP contribution is -2.40. The number of aromatic amines is 1. The summed E-state index contributed by atoms with van der Waals surface area (Å²) < 4.78 is 62.2. The Bertz CT molecular complexity index is 1400. The van der Waals surface area contributed by atoms with Gasteiger partial charge >= 0.3 is 6.03 Å². The SMILES string of the molecule is CN(C(=O)Nc1ccc(F)c(C#N)c1)C1CS(O)(O)Cc2[nH]c(=O)c3cc(F)c(F)cc3c21. The van der Waals surface area contributed by atoms with Gasteiger partial charge in [0.1, 0.15) is 11.9 Å². The summed E-state index contributed by atoms with van der Waals surface area (Å²) in [6, 6.07) is 4.86. The number of hydrogen-bond acceptors (Lipinski definition) is 5. The molecular formula is C21H17F3N4O4S. The van der Waals surface area contributed by atoms with Gasteiger partial charge in [0.05, 0.1) is 28.5 Å². The highest BCUT2D eigenvalue weighted by Crippen LogP contribution is 2.52. The van der Waals surface area contributed by atoms with Crippen LogP contribution in [0.4, 0.5) is 23.7 Å². The maximum absolute atomic E-state index is 14.1. The number of hydrogen-bond donors (Lipinski definition) is 4. The predicted molar refractivity (Wildman–Crippen MR) is 117 cm³/mol. The number of nitrogens with one attached hydrogen (secondary N) is 2. The van der Waals surface area contributed by atoms with E-state index in [2.05, 4.69) is 10.3 Å². The van der Waals surface area contributed by atoms with Gasteiger partial charge < -0.3 is 15.2 Å². The van der Waals surface area contributed by atoms with E-state index in [0.717, 1.165) is 29.2 Å². The molecule has 0 bridgehead atoms. The van der Waals surface area contributed by atoms with Crippen molar-refractivity contribution < 1.29 is 27.1 Å². The van der Waals surface area contributed by atoms with E-state index in [0.29, 0.717) is 0 Å². The summed E-state index contributed by atoms with van der Waals surface area (Å²) in [5, 5.41) is 11.3. The number of urea groups is 1. The van der Waals surface area contributed by atoms with Gasteiger partial charge in [0.15, 0.2) is 11.6 Å². The first-order valence-corrected chi connectivity index (χ1v) is 11.4. The van der Waals surface area contributed by atoms with Gasteiger partial charge in [-0.3, -0.25) is 13.9 Å². The van der Waals surface area contributed by atoms with Crippen LogP contribution in [-0.4, -0.2) is 37.8 Å². The number of benzene rings is 2. The third-order valence-corrected chi connectivity index (χ3v) is 7.04. The molecule has 0 saturated carbocycles. The second-order valence-corrected chi connectivity index (χ2v) is 9.86. The van der Waals surface area contributed by atoms with Crippen molar-refractivity contribution in [2.24, 2.45) is 0 Å². The van der Waals surface area contributed by atoms with E-state index < -0.39 is 45.7 Å². The first-order chi connectivity index (χ1) is 15.5. The van der Waals surface area contributed by atoms with E-state index >= 15 is 0 Å². The van der Waals surface area contributed by atoms with Gasteiger partial charge in [-0.15, -0.1) is 0 Å². The monoisotopic (exact) mass is 478 g/mol. The van der Waals surface area contributed by atoms with Crippen LogP contribution in [0.25, 0.3) is 10.8 Å². The number of nitriles is 1. The Morgan fingerprint density at radius 1 is 1.18 bits per heavy atom. The van der Waals surface area contributed by atoms with Crippen LogP contribution >= 0.6 is 10.6 Å². The molecule has 0 radical (unpaired) electrons. The molecule has 0 saturated heterocycles. The Morgan fingerprint density at radius 2 is 1.85 bits per heavy atom. The molecule has 1 unspecified atom stereocenters. The highest BCUT2D eigenvalue weighted by Gasteiger charge is 2.37. The molecule has 2 aromatic carbocycles. The van der Waals surface area contributed by atoms with Crippen LogP contribution in [0.5, 0.6) is 0 Å². The summed E-state index contributed by atoms with van der Waals surface area (Å²) in [6.07, 6.45) is 0. The Labute approximate surface area is 186 Å². The molecule has 4 N–H and O–H groups in total. The second-order valence-electron chi connectivity index (χ2n) is 7.63. The van der Waals surface area contributed by atoms with Crippen molar-refractivity contribution in [2.75, 3.05) is 18.1 Å². The first-order valence-electron chi connectivity index (χ1n) is 9.51. The minimum absolute atomic E-state index is 0.0424. The van der Waals surface area contributed by atoms with Crippen molar-refractivity contribution in [3.8, 4) is 6.07 Å². The molecule has 1 atom stereocenters. The Hall–Kier alpha value is -3.53. The number of fused-ring (bicyclic) bond motifs is 3. The number of aromatic nitrogens is 1. The highest BCUT2D eigenvalue weighted by atomic mass is 32.3. The number of H-pyrrole nitrogens is 1. The van der Waals surface area contributed by atoms with Crippen LogP contribution in [0.2, 0.25) is 0 Å². The number of halogens is 3. The number of pyridine rings is 1. The van der Waals surface area contributed by atoms with Gasteiger partial charge in [0.25, 0.3) is 5.56 Å². The molecule has 4 rings (SSSR count). The second kappa shape index (κ2) is 8.11. The summed E-state index contributed by atoms with van der Waals surface area (Å²) in [5.41, 5.74) is -0.548. The topological polar surface area (TPSA) is 129 Å². The van der Waals surface area contributed by atoms with E-state index in [1.807, 2.05) is 0 Å². The van der Waals surface area contributed by atoms with Gasteiger partial charge in [0.2, 0.25) is 0 Å². The molecule has 1 aliphatic rings. The largest absolute Gasteiger partial charge is 0.324 e. The first kappa shape index (κ1) is 22.7. The van der Waals surface area contributed by atoms with Crippen LogP contribution in [-0.2, 0) is 5.75 Å². The van der Waals surface area contributed by atoms with E-state index in [1.54, 1.807) is 6.07 Å². The standard InChI is InChI=1S/C21H17F3N4O4S/c1-28(21(30)26-11-2-3-14(22)10(4-11)7-25)18-9-33(31,32)8-17-19(18)12-5-15(23)16(24)6-13(12)20(29)27-17/h2-6,18,31-32H,8-9H2,1H3,(H,26,30)(H,27,29). The third-order valence-electron chi connectivity index (χ3n) is 5.44. The van der Waals surface area contributed by atoms with Crippen molar-refractivity contribution in [3.05, 3.63) is 75.0 Å². The molecule has 1 aliphatic heterocycles. The molecule has 8 nitrogen and oxygen atoms in total. The van der Waals surface area contributed by atoms with E-state index in [-0.39, 0.29) is 44.8 Å². The fourth-order valence-electron chi connectivity index (χ4n) is 3.86. The van der Waals surface area contributed by atoms with Gasteiger partial charge in [-0.2, -0.15) is 15.9 Å². The van der Waals surface area contributed by atoms with E-state index in [4.69, 9.17) is 5.26 Å². The number of anilines is 1. The van der Waals surface area contributed by atoms with Crippen LogP contribution in [0, 0.1) is 28.8 Å². The van der Waals surface area contributed by atoms with Crippen molar-refractivity contribution in [1.82, 2.24) is 9.88 Å². The summed E-state index contributed by atoms with van der Waals surface area (Å²) >= 11 is 0. The van der Waals surface area contributed by atoms with Crippen LogP contribution in [0.3, 0.4) is 0 Å². The van der Waals surface area contributed by atoms with Gasteiger partial charge in [-0.05, 0) is 35.7 Å². The zero-order chi connectivity index (χ0) is 24.1. The van der Waals surface area contributed by atoms with Crippen molar-refractivity contribution >= 4 is 33.1 Å². The molecule has 3 aromatic rings. The molecule has 12 heteroatoms. The fourth-order valence-corrected chi connectivity index (χ4v) is 5.56. The Balaban J connectivity index is 1.79. The van der Waals surface area contributed by atoms with E-state index in [1.165, 1.54) is 13.1 Å². The number of rotatable bonds is 2. The minimum atomic E-state index is -3.27. The maximum atomic E-state index is 14.1. The molecule has 2 amide bonds. The summed E-state index contributed by atoms with van der Waals surface area (Å²) in [7, 11) is -1.93. The van der Waals surface area contributed by atoms with Crippen LogP contribution in [0.15, 0.2) is 35.1 Å². The Morgan fingerprint density at radius 3 is 2.52 bits per heavy atom. The number of nitrogens with zero attached hydrogens (tertiary/aromatic N) is 2. The van der Waals surface area contributed by atoms with Crippen LogP contribution < -0.4 is 10.9 Å². The smallest absolute Gasteiger partial charge is 0.322 e. The zero-order valence-corrected chi connectivity index (χ0v) is 17.8. The van der Waals surface area contributed by atoms with Gasteiger partial charge in [-0.1, -0.05) is 0 Å². The molecule has 2 heterocycles.